The van der Waals surface area contributed by atoms with E-state index in [1.807, 2.05) is 6.92 Å². The summed E-state index contributed by atoms with van der Waals surface area (Å²) in [5, 5.41) is 5.44. The summed E-state index contributed by atoms with van der Waals surface area (Å²) in [6.07, 6.45) is -3.06. The highest BCUT2D eigenvalue weighted by atomic mass is 32.2. The second-order valence-corrected chi connectivity index (χ2v) is 8.75. The van der Waals surface area contributed by atoms with Gasteiger partial charge in [0.25, 0.3) is 12.3 Å². The van der Waals surface area contributed by atoms with E-state index >= 15 is 0 Å². The van der Waals surface area contributed by atoms with Gasteiger partial charge in [-0.05, 0) is 13.3 Å². The molecule has 8 nitrogen and oxygen atoms in total. The molecule has 0 bridgehead atoms. The number of fused-ring (bicyclic) bond motifs is 1. The highest BCUT2D eigenvalue weighted by Gasteiger charge is 2.49. The number of aromatic nitrogens is 1. The number of hydrogen-bond donors (Lipinski definition) is 2. The number of anilines is 1. The molecule has 0 aliphatic carbocycles. The van der Waals surface area contributed by atoms with Gasteiger partial charge in [0.05, 0.1) is 19.3 Å². The number of thiazole rings is 1. The average Bonchev–Trinajstić information content (AvgIpc) is 3.32. The normalized spacial score (nSPS) is 32.6. The molecule has 0 saturated carbocycles. The van der Waals surface area contributed by atoms with Gasteiger partial charge in [0, 0.05) is 17.1 Å². The molecule has 1 aromatic rings. The second kappa shape index (κ2) is 7.65. The minimum atomic E-state index is -2.74. The summed E-state index contributed by atoms with van der Waals surface area (Å²) in [4.78, 5) is 25.0. The van der Waals surface area contributed by atoms with Gasteiger partial charge in [-0.2, -0.15) is 0 Å². The third-order valence-corrected chi connectivity index (χ3v) is 6.86. The second-order valence-electron chi connectivity index (χ2n) is 6.85. The number of alkyl halides is 2. The van der Waals surface area contributed by atoms with Crippen LogP contribution in [0, 0.1) is 5.92 Å². The Morgan fingerprint density at radius 2 is 2.29 bits per heavy atom. The molecule has 152 valence electrons. The molecule has 1 amide bonds. The minimum Gasteiger partial charge on any atom is -0.379 e. The van der Waals surface area contributed by atoms with Crippen LogP contribution in [0.4, 0.5) is 14.6 Å². The molecule has 4 rings (SSSR count). The zero-order valence-electron chi connectivity index (χ0n) is 14.9. The first-order valence-corrected chi connectivity index (χ1v) is 10.6. The fourth-order valence-corrected chi connectivity index (χ4v) is 5.41. The van der Waals surface area contributed by atoms with Gasteiger partial charge in [-0.25, -0.2) is 23.7 Å². The van der Waals surface area contributed by atoms with Gasteiger partial charge in [-0.15, -0.1) is 11.3 Å². The fraction of sp³-hybridized carbons (Fsp3) is 0.625. The van der Waals surface area contributed by atoms with Gasteiger partial charge in [-0.1, -0.05) is 11.8 Å². The number of carbonyl (C=O) groups is 1. The van der Waals surface area contributed by atoms with Gasteiger partial charge in [0.2, 0.25) is 6.23 Å². The van der Waals surface area contributed by atoms with Crippen LogP contribution in [-0.2, 0) is 19.8 Å². The third-order valence-electron chi connectivity index (χ3n) is 4.90. The van der Waals surface area contributed by atoms with Crippen LogP contribution in [0.1, 0.15) is 18.4 Å². The first kappa shape index (κ1) is 19.7. The van der Waals surface area contributed by atoms with E-state index in [0.717, 1.165) is 12.2 Å². The van der Waals surface area contributed by atoms with Crippen LogP contribution in [0.3, 0.4) is 0 Å². The summed E-state index contributed by atoms with van der Waals surface area (Å²) in [6, 6.07) is 0. The molecular weight excluding hydrogens is 412 g/mol. The molecule has 28 heavy (non-hydrogen) atoms. The van der Waals surface area contributed by atoms with Crippen molar-refractivity contribution in [3.63, 3.8) is 0 Å². The van der Waals surface area contributed by atoms with Crippen LogP contribution in [-0.4, -0.2) is 59.5 Å². The number of nitrogens with zero attached hydrogens (tertiary/aromatic N) is 3. The number of ether oxygens (including phenoxy) is 2. The number of rotatable bonds is 4. The number of thioether (sulfide) groups is 1. The molecule has 3 N–H and O–H groups in total. The molecule has 0 radical (unpaired) electrons. The standard InChI is InChI=1S/C16H19F2N5O3S2/c1-7-2-8-4-28-15(19)23-16(8,6-26-7)14-22-10(5-27-14)21-12(24)13-20-9(3-25-13)11(17)18/h5,7-8,11,13H,2-4,6H2,1H3,(H2,19,23)(H,21,24). The van der Waals surface area contributed by atoms with Crippen molar-refractivity contribution < 1.29 is 23.0 Å². The fourth-order valence-electron chi connectivity index (χ4n) is 3.44. The van der Waals surface area contributed by atoms with Crippen molar-refractivity contribution in [2.24, 2.45) is 21.6 Å². The molecule has 4 unspecified atom stereocenters. The summed E-state index contributed by atoms with van der Waals surface area (Å²) >= 11 is 2.87. The number of nitrogens with two attached hydrogens (primary N) is 1. The number of carbonyl (C=O) groups excluding carboxylic acids is 1. The molecule has 4 atom stereocenters. The van der Waals surface area contributed by atoms with E-state index in [1.165, 1.54) is 23.1 Å². The Labute approximate surface area is 168 Å². The maximum absolute atomic E-state index is 12.6. The number of hydrogen-bond acceptors (Lipinski definition) is 9. The third kappa shape index (κ3) is 3.65. The number of amidine groups is 1. The molecule has 0 aromatic carbocycles. The van der Waals surface area contributed by atoms with Crippen molar-refractivity contribution in [2.45, 2.75) is 37.6 Å². The van der Waals surface area contributed by atoms with Gasteiger partial charge in [0.1, 0.15) is 22.1 Å². The Balaban J connectivity index is 1.52. The Hall–Kier alpha value is -1.63. The lowest BCUT2D eigenvalue weighted by molar-refractivity contribution is -0.125. The van der Waals surface area contributed by atoms with Crippen molar-refractivity contribution in [3.05, 3.63) is 10.4 Å². The SMILES string of the molecule is CC1CC2CSC(N)=NC2(c2nc(NC(=O)C3N=C(C(F)F)CO3)cs2)CO1. The summed E-state index contributed by atoms with van der Waals surface area (Å²) in [6.45, 7) is 2.04. The monoisotopic (exact) mass is 431 g/mol. The minimum absolute atomic E-state index is 0.133. The zero-order chi connectivity index (χ0) is 19.9. The van der Waals surface area contributed by atoms with Gasteiger partial charge in [-0.3, -0.25) is 4.79 Å². The average molecular weight is 431 g/mol. The van der Waals surface area contributed by atoms with E-state index in [2.05, 4.69) is 20.3 Å². The highest BCUT2D eigenvalue weighted by Crippen LogP contribution is 2.47. The first-order valence-electron chi connectivity index (χ1n) is 8.70. The van der Waals surface area contributed by atoms with E-state index in [4.69, 9.17) is 15.2 Å². The molecule has 1 aromatic heterocycles. The van der Waals surface area contributed by atoms with Crippen LogP contribution >= 0.6 is 23.1 Å². The molecule has 1 saturated heterocycles. The number of halogens is 2. The van der Waals surface area contributed by atoms with Crippen molar-refractivity contribution in [1.29, 1.82) is 0 Å². The number of aliphatic imine (C=N–C) groups is 2. The van der Waals surface area contributed by atoms with Crippen molar-refractivity contribution in [1.82, 2.24) is 4.98 Å². The van der Waals surface area contributed by atoms with E-state index < -0.39 is 29.8 Å². The molecule has 4 heterocycles. The van der Waals surface area contributed by atoms with E-state index in [1.54, 1.807) is 5.38 Å². The lowest BCUT2D eigenvalue weighted by Crippen LogP contribution is -2.49. The lowest BCUT2D eigenvalue weighted by Gasteiger charge is -2.44. The Morgan fingerprint density at radius 1 is 1.46 bits per heavy atom. The van der Waals surface area contributed by atoms with Crippen molar-refractivity contribution >= 4 is 45.7 Å². The number of amides is 1. The number of nitrogens with one attached hydrogen (secondary N) is 1. The van der Waals surface area contributed by atoms with E-state index in [0.29, 0.717) is 22.6 Å². The van der Waals surface area contributed by atoms with Crippen LogP contribution in [0.25, 0.3) is 0 Å². The largest absolute Gasteiger partial charge is 0.379 e. The first-order chi connectivity index (χ1) is 13.4. The smallest absolute Gasteiger partial charge is 0.278 e. The highest BCUT2D eigenvalue weighted by molar-refractivity contribution is 8.13. The summed E-state index contributed by atoms with van der Waals surface area (Å²) < 4.78 is 36.2. The Morgan fingerprint density at radius 3 is 3.04 bits per heavy atom. The molecule has 3 aliphatic heterocycles. The maximum Gasteiger partial charge on any atom is 0.278 e. The zero-order valence-corrected chi connectivity index (χ0v) is 16.6. The van der Waals surface area contributed by atoms with Gasteiger partial charge in [0.15, 0.2) is 5.17 Å². The quantitative estimate of drug-likeness (QED) is 0.752. The predicted octanol–water partition coefficient (Wildman–Crippen LogP) is 1.83. The van der Waals surface area contributed by atoms with Crippen molar-refractivity contribution in [2.75, 3.05) is 24.3 Å². The van der Waals surface area contributed by atoms with Crippen LogP contribution in [0.15, 0.2) is 15.4 Å². The molecule has 1 fully saturated rings. The predicted molar refractivity (Wildman–Crippen MR) is 103 cm³/mol. The molecular formula is C16H19F2N5O3S2. The maximum atomic E-state index is 12.6. The summed E-state index contributed by atoms with van der Waals surface area (Å²) in [7, 11) is 0. The van der Waals surface area contributed by atoms with Gasteiger partial charge < -0.3 is 20.5 Å². The Kier molecular flexibility index (Phi) is 5.38. The molecule has 3 aliphatic rings. The van der Waals surface area contributed by atoms with Crippen LogP contribution < -0.4 is 11.1 Å². The van der Waals surface area contributed by atoms with Crippen LogP contribution in [0.5, 0.6) is 0 Å². The summed E-state index contributed by atoms with van der Waals surface area (Å²) in [5.74, 6) is 0.704. The lowest BCUT2D eigenvalue weighted by atomic mass is 9.80. The van der Waals surface area contributed by atoms with Gasteiger partial charge >= 0.3 is 0 Å². The van der Waals surface area contributed by atoms with E-state index in [9.17, 15) is 13.6 Å². The topological polar surface area (TPSA) is 111 Å². The van der Waals surface area contributed by atoms with Crippen LogP contribution in [0.2, 0.25) is 0 Å². The Bertz CT molecular complexity index is 833. The molecule has 0 spiro atoms. The van der Waals surface area contributed by atoms with E-state index in [-0.39, 0.29) is 18.6 Å². The molecule has 12 heteroatoms. The summed E-state index contributed by atoms with van der Waals surface area (Å²) in [5.41, 5.74) is 4.88. The van der Waals surface area contributed by atoms with Crippen molar-refractivity contribution in [3.8, 4) is 0 Å².